The average Bonchev–Trinajstić information content (AvgIpc) is 2.42. The van der Waals surface area contributed by atoms with Gasteiger partial charge in [0.2, 0.25) is 0 Å². The first-order chi connectivity index (χ1) is 9.60. The second kappa shape index (κ2) is 8.74. The Morgan fingerprint density at radius 3 is 2.40 bits per heavy atom. The predicted molar refractivity (Wildman–Crippen MR) is 84.1 cm³/mol. The van der Waals surface area contributed by atoms with Crippen LogP contribution < -0.4 is 10.6 Å². The van der Waals surface area contributed by atoms with Crippen molar-refractivity contribution in [2.24, 2.45) is 5.92 Å². The number of rotatable bonds is 9. The van der Waals surface area contributed by atoms with Crippen molar-refractivity contribution in [2.45, 2.75) is 53.7 Å². The monoisotopic (exact) mass is 280 g/mol. The molecule has 1 atom stereocenters. The summed E-state index contributed by atoms with van der Waals surface area (Å²) in [6, 6.07) is 2.38. The minimum atomic E-state index is 0.416. The van der Waals surface area contributed by atoms with Crippen LogP contribution in [0.1, 0.15) is 46.9 Å². The van der Waals surface area contributed by atoms with Gasteiger partial charge in [-0.1, -0.05) is 20.8 Å². The Balaban J connectivity index is 2.89. The topological polar surface area (TPSA) is 59.1 Å². The zero-order chi connectivity index (χ0) is 15.0. The molecule has 0 aliphatic carbocycles. The number of aromatic nitrogens is 2. The van der Waals surface area contributed by atoms with Gasteiger partial charge < -0.3 is 15.4 Å². The van der Waals surface area contributed by atoms with Crippen LogP contribution in [0.2, 0.25) is 0 Å². The highest BCUT2D eigenvalue weighted by Crippen LogP contribution is 2.17. The van der Waals surface area contributed by atoms with Gasteiger partial charge in [-0.15, -0.1) is 0 Å². The molecule has 5 nitrogen and oxygen atoms in total. The lowest BCUT2D eigenvalue weighted by molar-refractivity contribution is 0.128. The number of nitrogens with zero attached hydrogens (tertiary/aromatic N) is 2. The van der Waals surface area contributed by atoms with Gasteiger partial charge in [-0.05, 0) is 26.2 Å². The third-order valence-corrected chi connectivity index (χ3v) is 3.14. The highest BCUT2D eigenvalue weighted by atomic mass is 16.5. The Morgan fingerprint density at radius 1 is 1.15 bits per heavy atom. The molecule has 0 aliphatic heterocycles. The van der Waals surface area contributed by atoms with E-state index in [1.54, 1.807) is 0 Å². The van der Waals surface area contributed by atoms with E-state index >= 15 is 0 Å². The summed E-state index contributed by atoms with van der Waals surface area (Å²) in [6.45, 7) is 12.6. The van der Waals surface area contributed by atoms with E-state index in [9.17, 15) is 0 Å². The number of anilines is 2. The van der Waals surface area contributed by atoms with Crippen LogP contribution in [0, 0.1) is 5.92 Å². The Morgan fingerprint density at radius 2 is 1.85 bits per heavy atom. The second-order valence-electron chi connectivity index (χ2n) is 5.13. The van der Waals surface area contributed by atoms with Gasteiger partial charge in [0.1, 0.15) is 18.2 Å². The van der Waals surface area contributed by atoms with Gasteiger partial charge in [-0.2, -0.15) is 0 Å². The van der Waals surface area contributed by atoms with Crippen molar-refractivity contribution < 1.29 is 4.74 Å². The molecule has 1 unspecified atom stereocenters. The van der Waals surface area contributed by atoms with E-state index in [1.807, 2.05) is 13.0 Å². The standard InChI is InChI=1S/C15H28N4O/c1-6-12(11(4)5)17-14-9-13(16-7-2)18-15(19-14)10-20-8-3/h9,11-12H,6-8,10H2,1-5H3,(H2,16,17,18,19). The zero-order valence-corrected chi connectivity index (χ0v) is 13.4. The minimum absolute atomic E-state index is 0.416. The van der Waals surface area contributed by atoms with Crippen LogP contribution >= 0.6 is 0 Å². The predicted octanol–water partition coefficient (Wildman–Crippen LogP) is 3.29. The number of ether oxygens (including phenoxy) is 1. The van der Waals surface area contributed by atoms with E-state index in [4.69, 9.17) is 4.74 Å². The number of hydrogen-bond donors (Lipinski definition) is 2. The van der Waals surface area contributed by atoms with Crippen molar-refractivity contribution in [1.29, 1.82) is 0 Å². The van der Waals surface area contributed by atoms with Crippen molar-refractivity contribution in [3.63, 3.8) is 0 Å². The quantitative estimate of drug-likeness (QED) is 0.727. The van der Waals surface area contributed by atoms with Crippen molar-refractivity contribution in [3.05, 3.63) is 11.9 Å². The van der Waals surface area contributed by atoms with Crippen molar-refractivity contribution in [1.82, 2.24) is 9.97 Å². The third-order valence-electron chi connectivity index (χ3n) is 3.14. The fraction of sp³-hybridized carbons (Fsp3) is 0.733. The highest BCUT2D eigenvalue weighted by molar-refractivity contribution is 5.48. The molecular formula is C15H28N4O. The van der Waals surface area contributed by atoms with Crippen LogP contribution in [0.15, 0.2) is 6.07 Å². The first-order valence-corrected chi connectivity index (χ1v) is 7.56. The molecule has 5 heteroatoms. The molecule has 1 aromatic heterocycles. The molecule has 0 radical (unpaired) electrons. The van der Waals surface area contributed by atoms with Crippen LogP contribution in [0.3, 0.4) is 0 Å². The SMILES string of the molecule is CCNc1cc(NC(CC)C(C)C)nc(COCC)n1. The van der Waals surface area contributed by atoms with Gasteiger partial charge in [0.25, 0.3) is 0 Å². The van der Waals surface area contributed by atoms with Crippen LogP contribution in [0.5, 0.6) is 0 Å². The molecule has 0 bridgehead atoms. The third kappa shape index (κ3) is 5.33. The fourth-order valence-corrected chi connectivity index (χ4v) is 2.03. The van der Waals surface area contributed by atoms with Gasteiger partial charge in [0.05, 0.1) is 0 Å². The minimum Gasteiger partial charge on any atom is -0.374 e. The number of hydrogen-bond acceptors (Lipinski definition) is 5. The van der Waals surface area contributed by atoms with Gasteiger partial charge in [0, 0.05) is 25.3 Å². The van der Waals surface area contributed by atoms with Crippen molar-refractivity contribution in [3.8, 4) is 0 Å². The summed E-state index contributed by atoms with van der Waals surface area (Å²) in [5.41, 5.74) is 0. The molecule has 20 heavy (non-hydrogen) atoms. The Hall–Kier alpha value is -1.36. The fourth-order valence-electron chi connectivity index (χ4n) is 2.03. The van der Waals surface area contributed by atoms with Crippen LogP contribution in [0.4, 0.5) is 11.6 Å². The first kappa shape index (κ1) is 16.7. The van der Waals surface area contributed by atoms with Crippen LogP contribution in [-0.4, -0.2) is 29.2 Å². The molecule has 1 heterocycles. The summed E-state index contributed by atoms with van der Waals surface area (Å²) < 4.78 is 5.41. The lowest BCUT2D eigenvalue weighted by Crippen LogP contribution is -2.25. The highest BCUT2D eigenvalue weighted by Gasteiger charge is 2.13. The van der Waals surface area contributed by atoms with Crippen molar-refractivity contribution in [2.75, 3.05) is 23.8 Å². The molecule has 0 aromatic carbocycles. The Labute approximate surface area is 122 Å². The van der Waals surface area contributed by atoms with Gasteiger partial charge >= 0.3 is 0 Å². The normalized spacial score (nSPS) is 12.5. The lowest BCUT2D eigenvalue weighted by Gasteiger charge is -2.22. The molecule has 1 aromatic rings. The molecule has 2 N–H and O–H groups in total. The van der Waals surface area contributed by atoms with E-state index in [0.29, 0.717) is 31.0 Å². The summed E-state index contributed by atoms with van der Waals surface area (Å²) in [7, 11) is 0. The van der Waals surface area contributed by atoms with E-state index in [0.717, 1.165) is 24.6 Å². The van der Waals surface area contributed by atoms with Crippen molar-refractivity contribution >= 4 is 11.6 Å². The van der Waals surface area contributed by atoms with Gasteiger partial charge in [-0.3, -0.25) is 0 Å². The molecule has 1 rings (SSSR count). The molecule has 0 fully saturated rings. The first-order valence-electron chi connectivity index (χ1n) is 7.56. The molecule has 114 valence electrons. The van der Waals surface area contributed by atoms with Crippen LogP contribution in [-0.2, 0) is 11.3 Å². The van der Waals surface area contributed by atoms with E-state index < -0.39 is 0 Å². The van der Waals surface area contributed by atoms with E-state index in [-0.39, 0.29) is 0 Å². The molecule has 0 saturated heterocycles. The molecule has 0 spiro atoms. The molecule has 0 aliphatic rings. The zero-order valence-electron chi connectivity index (χ0n) is 13.4. The molecule has 0 saturated carbocycles. The summed E-state index contributed by atoms with van der Waals surface area (Å²) in [6.07, 6.45) is 1.07. The molecular weight excluding hydrogens is 252 g/mol. The maximum absolute atomic E-state index is 5.41. The average molecular weight is 280 g/mol. The summed E-state index contributed by atoms with van der Waals surface area (Å²) in [5.74, 6) is 2.99. The van der Waals surface area contributed by atoms with Gasteiger partial charge in [-0.25, -0.2) is 9.97 Å². The van der Waals surface area contributed by atoms with Gasteiger partial charge in [0.15, 0.2) is 5.82 Å². The summed E-state index contributed by atoms with van der Waals surface area (Å²) >= 11 is 0. The maximum atomic E-state index is 5.41. The largest absolute Gasteiger partial charge is 0.374 e. The van der Waals surface area contributed by atoms with E-state index in [2.05, 4.69) is 48.3 Å². The van der Waals surface area contributed by atoms with Crippen LogP contribution in [0.25, 0.3) is 0 Å². The summed E-state index contributed by atoms with van der Waals surface area (Å²) in [4.78, 5) is 8.99. The lowest BCUT2D eigenvalue weighted by atomic mass is 10.0. The maximum Gasteiger partial charge on any atom is 0.158 e. The summed E-state index contributed by atoms with van der Waals surface area (Å²) in [5, 5.41) is 6.74. The molecule has 0 amide bonds. The smallest absolute Gasteiger partial charge is 0.158 e. The Bertz CT molecular complexity index is 395. The number of nitrogens with one attached hydrogen (secondary N) is 2. The van der Waals surface area contributed by atoms with E-state index in [1.165, 1.54) is 0 Å². The Kier molecular flexibility index (Phi) is 7.30. The second-order valence-corrected chi connectivity index (χ2v) is 5.13.